The molecule has 1 unspecified atom stereocenters. The third-order valence-corrected chi connectivity index (χ3v) is 5.35. The number of hydrogen-bond donors (Lipinski definition) is 3. The summed E-state index contributed by atoms with van der Waals surface area (Å²) in [5, 5.41) is 9.62. The van der Waals surface area contributed by atoms with Gasteiger partial charge in [0.2, 0.25) is 5.91 Å². The first kappa shape index (κ1) is 29.2. The predicted molar refractivity (Wildman–Crippen MR) is 142 cm³/mol. The van der Waals surface area contributed by atoms with Gasteiger partial charge in [-0.15, -0.1) is 24.0 Å². The van der Waals surface area contributed by atoms with Crippen LogP contribution < -0.4 is 25.4 Å². The van der Waals surface area contributed by atoms with E-state index in [0.29, 0.717) is 50.3 Å². The largest absolute Gasteiger partial charge is 0.493 e. The van der Waals surface area contributed by atoms with E-state index < -0.39 is 5.41 Å². The maximum atomic E-state index is 12.0. The Hall–Kier alpha value is -1.79. The number of morpholine rings is 1. The summed E-state index contributed by atoms with van der Waals surface area (Å²) in [6, 6.07) is 6.14. The maximum Gasteiger partial charge on any atom is 0.225 e. The van der Waals surface area contributed by atoms with E-state index in [9.17, 15) is 4.79 Å². The number of guanidine groups is 1. The molecule has 2 rings (SSSR count). The Kier molecular flexibility index (Phi) is 12.8. The summed E-state index contributed by atoms with van der Waals surface area (Å²) < 4.78 is 16.4. The molecule has 1 saturated heterocycles. The molecule has 1 aromatic carbocycles. The molecule has 1 atom stereocenters. The van der Waals surface area contributed by atoms with Gasteiger partial charge >= 0.3 is 0 Å². The van der Waals surface area contributed by atoms with E-state index in [0.717, 1.165) is 18.7 Å². The smallest absolute Gasteiger partial charge is 0.225 e. The van der Waals surface area contributed by atoms with Crippen molar-refractivity contribution < 1.29 is 19.0 Å². The van der Waals surface area contributed by atoms with Gasteiger partial charge in [-0.1, -0.05) is 26.8 Å². The number of rotatable bonds is 9. The minimum atomic E-state index is -0.398. The van der Waals surface area contributed by atoms with E-state index in [2.05, 4.69) is 31.9 Å². The highest BCUT2D eigenvalue weighted by Gasteiger charge is 2.24. The van der Waals surface area contributed by atoms with Crippen molar-refractivity contribution in [1.29, 1.82) is 0 Å². The molecule has 0 aromatic heterocycles. The van der Waals surface area contributed by atoms with E-state index in [4.69, 9.17) is 14.2 Å². The van der Waals surface area contributed by atoms with Crippen LogP contribution in [-0.4, -0.2) is 84.0 Å². The molecule has 0 saturated carbocycles. The van der Waals surface area contributed by atoms with Crippen LogP contribution in [0.1, 0.15) is 32.4 Å². The molecule has 10 heteroatoms. The molecule has 1 aliphatic heterocycles. The van der Waals surface area contributed by atoms with E-state index in [1.165, 1.54) is 0 Å². The molecular formula is C23H40IN5O4. The molecule has 1 aliphatic rings. The summed E-state index contributed by atoms with van der Waals surface area (Å²) in [6.07, 6.45) is 0. The number of methoxy groups -OCH3 is 2. The Labute approximate surface area is 215 Å². The second kappa shape index (κ2) is 14.5. The topological polar surface area (TPSA) is 96.5 Å². The first-order chi connectivity index (χ1) is 15.3. The summed E-state index contributed by atoms with van der Waals surface area (Å²) in [4.78, 5) is 18.7. The van der Waals surface area contributed by atoms with E-state index in [1.807, 2.05) is 32.9 Å². The molecule has 0 radical (unpaired) electrons. The SMILES string of the molecule is CN=C(NCCNC(=O)C(C)(C)C)NCC(c1ccc(OC)c(OC)c1)N1CCOCC1.I. The number of carbonyl (C=O) groups is 1. The van der Waals surface area contributed by atoms with Gasteiger partial charge < -0.3 is 30.2 Å². The molecule has 0 spiro atoms. The molecule has 0 aliphatic carbocycles. The van der Waals surface area contributed by atoms with Crippen LogP contribution in [0, 0.1) is 5.41 Å². The predicted octanol–water partition coefficient (Wildman–Crippen LogP) is 2.02. The lowest BCUT2D eigenvalue weighted by Gasteiger charge is -2.35. The number of nitrogens with zero attached hydrogens (tertiary/aromatic N) is 2. The Morgan fingerprint density at radius 1 is 1.09 bits per heavy atom. The molecule has 3 N–H and O–H groups in total. The van der Waals surface area contributed by atoms with Crippen molar-refractivity contribution in [2.45, 2.75) is 26.8 Å². The lowest BCUT2D eigenvalue weighted by Crippen LogP contribution is -2.47. The molecule has 0 bridgehead atoms. The van der Waals surface area contributed by atoms with Gasteiger partial charge in [0.05, 0.1) is 33.5 Å². The molecule has 188 valence electrons. The monoisotopic (exact) mass is 577 g/mol. The van der Waals surface area contributed by atoms with Crippen LogP contribution in [0.15, 0.2) is 23.2 Å². The zero-order valence-electron chi connectivity index (χ0n) is 20.7. The number of aliphatic imine (C=N–C) groups is 1. The first-order valence-electron chi connectivity index (χ1n) is 11.1. The number of carbonyl (C=O) groups excluding carboxylic acids is 1. The molecule has 1 aromatic rings. The van der Waals surface area contributed by atoms with E-state index >= 15 is 0 Å². The van der Waals surface area contributed by atoms with Gasteiger partial charge in [0.1, 0.15) is 0 Å². The molecular weight excluding hydrogens is 537 g/mol. The van der Waals surface area contributed by atoms with Crippen LogP contribution in [-0.2, 0) is 9.53 Å². The summed E-state index contributed by atoms with van der Waals surface area (Å²) >= 11 is 0. The fourth-order valence-electron chi connectivity index (χ4n) is 3.44. The summed E-state index contributed by atoms with van der Waals surface area (Å²) in [5.41, 5.74) is 0.731. The van der Waals surface area contributed by atoms with Crippen molar-refractivity contribution in [2.24, 2.45) is 10.4 Å². The second-order valence-electron chi connectivity index (χ2n) is 8.66. The van der Waals surface area contributed by atoms with E-state index in [1.54, 1.807) is 21.3 Å². The first-order valence-corrected chi connectivity index (χ1v) is 11.1. The fourth-order valence-corrected chi connectivity index (χ4v) is 3.44. The molecule has 9 nitrogen and oxygen atoms in total. The van der Waals surface area contributed by atoms with Crippen LogP contribution >= 0.6 is 24.0 Å². The third-order valence-electron chi connectivity index (χ3n) is 5.35. The van der Waals surface area contributed by atoms with Crippen LogP contribution in [0.5, 0.6) is 11.5 Å². The fraction of sp³-hybridized carbons (Fsp3) is 0.652. The van der Waals surface area contributed by atoms with Gasteiger partial charge in [-0.25, -0.2) is 0 Å². The highest BCUT2D eigenvalue weighted by Crippen LogP contribution is 2.32. The summed E-state index contributed by atoms with van der Waals surface area (Å²) in [7, 11) is 5.02. The van der Waals surface area contributed by atoms with Crippen LogP contribution in [0.3, 0.4) is 0 Å². The van der Waals surface area contributed by atoms with Crippen LogP contribution in [0.25, 0.3) is 0 Å². The van der Waals surface area contributed by atoms with E-state index in [-0.39, 0.29) is 35.9 Å². The van der Waals surface area contributed by atoms with Gasteiger partial charge in [0.15, 0.2) is 17.5 Å². The summed E-state index contributed by atoms with van der Waals surface area (Å²) in [6.45, 7) is 10.6. The van der Waals surface area contributed by atoms with Gasteiger partial charge in [-0.05, 0) is 17.7 Å². The van der Waals surface area contributed by atoms with Crippen molar-refractivity contribution in [2.75, 3.05) is 67.2 Å². The van der Waals surface area contributed by atoms with Crippen LogP contribution in [0.4, 0.5) is 0 Å². The highest BCUT2D eigenvalue weighted by atomic mass is 127. The average molecular weight is 578 g/mol. The Balaban J connectivity index is 0.00000544. The van der Waals surface area contributed by atoms with Crippen molar-refractivity contribution >= 4 is 35.8 Å². The van der Waals surface area contributed by atoms with Crippen molar-refractivity contribution in [3.63, 3.8) is 0 Å². The van der Waals surface area contributed by atoms with Gasteiger partial charge in [0, 0.05) is 45.2 Å². The number of benzene rings is 1. The van der Waals surface area contributed by atoms with Gasteiger partial charge in [0.25, 0.3) is 0 Å². The molecule has 1 fully saturated rings. The van der Waals surface area contributed by atoms with Crippen molar-refractivity contribution in [1.82, 2.24) is 20.9 Å². The summed E-state index contributed by atoms with van der Waals surface area (Å²) in [5.74, 6) is 2.14. The number of halogens is 1. The molecule has 33 heavy (non-hydrogen) atoms. The number of amides is 1. The minimum Gasteiger partial charge on any atom is -0.493 e. The second-order valence-corrected chi connectivity index (χ2v) is 8.66. The highest BCUT2D eigenvalue weighted by molar-refractivity contribution is 14.0. The lowest BCUT2D eigenvalue weighted by molar-refractivity contribution is -0.128. The van der Waals surface area contributed by atoms with Crippen LogP contribution in [0.2, 0.25) is 0 Å². The number of hydrogen-bond acceptors (Lipinski definition) is 6. The quantitative estimate of drug-likeness (QED) is 0.179. The van der Waals surface area contributed by atoms with Crippen molar-refractivity contribution in [3.8, 4) is 11.5 Å². The Morgan fingerprint density at radius 3 is 2.30 bits per heavy atom. The zero-order valence-corrected chi connectivity index (χ0v) is 23.0. The maximum absolute atomic E-state index is 12.0. The van der Waals surface area contributed by atoms with Gasteiger partial charge in [-0.3, -0.25) is 14.7 Å². The van der Waals surface area contributed by atoms with Gasteiger partial charge in [-0.2, -0.15) is 0 Å². The average Bonchev–Trinajstić information content (AvgIpc) is 2.80. The molecule has 1 heterocycles. The Morgan fingerprint density at radius 2 is 1.73 bits per heavy atom. The standard InChI is InChI=1S/C23H39N5O4.HI/c1-23(2,3)21(29)25-9-10-26-22(24-4)27-16-18(28-11-13-32-14-12-28)17-7-8-19(30-5)20(15-17)31-6;/h7-8,15,18H,9-14,16H2,1-6H3,(H,25,29)(H2,24,26,27);1H. The van der Waals surface area contributed by atoms with Crippen molar-refractivity contribution in [3.05, 3.63) is 23.8 Å². The number of nitrogens with one attached hydrogen (secondary N) is 3. The third kappa shape index (κ3) is 9.17. The number of ether oxygens (including phenoxy) is 3. The lowest BCUT2D eigenvalue weighted by atomic mass is 9.96. The minimum absolute atomic E-state index is 0. The molecule has 1 amide bonds. The Bertz CT molecular complexity index is 764. The zero-order chi connectivity index (χ0) is 23.6. The normalized spacial score (nSPS) is 15.8.